The van der Waals surface area contributed by atoms with Crippen molar-refractivity contribution in [3.8, 4) is 0 Å². The van der Waals surface area contributed by atoms with E-state index in [1.807, 2.05) is 0 Å². The van der Waals surface area contributed by atoms with Gasteiger partial charge in [-0.1, -0.05) is 13.3 Å². The SMILES string of the molecule is CCCc1cc(NC(C)C2CC2)n2ncnc2n1. The zero-order chi connectivity index (χ0) is 12.5. The van der Waals surface area contributed by atoms with Gasteiger partial charge in [-0.3, -0.25) is 0 Å². The number of fused-ring (bicyclic) bond motifs is 1. The molecule has 0 saturated heterocycles. The standard InChI is InChI=1S/C13H19N5/c1-3-4-11-7-12(16-9(2)10-5-6-10)18-13(17-11)14-8-15-18/h7-10,16H,3-6H2,1-2H3. The predicted molar refractivity (Wildman–Crippen MR) is 70.6 cm³/mol. The summed E-state index contributed by atoms with van der Waals surface area (Å²) >= 11 is 0. The molecule has 0 radical (unpaired) electrons. The fourth-order valence-corrected chi connectivity index (χ4v) is 2.30. The Morgan fingerprint density at radius 1 is 1.50 bits per heavy atom. The molecule has 5 heteroatoms. The molecule has 0 bridgehead atoms. The van der Waals surface area contributed by atoms with Crippen LogP contribution in [-0.2, 0) is 6.42 Å². The number of aromatic nitrogens is 4. The molecule has 0 spiro atoms. The number of hydrogen-bond donors (Lipinski definition) is 1. The average Bonchev–Trinajstić information content (AvgIpc) is 3.09. The van der Waals surface area contributed by atoms with Gasteiger partial charge in [-0.25, -0.2) is 4.98 Å². The van der Waals surface area contributed by atoms with Gasteiger partial charge in [-0.2, -0.15) is 14.6 Å². The van der Waals surface area contributed by atoms with E-state index in [0.29, 0.717) is 11.8 Å². The van der Waals surface area contributed by atoms with Crippen LogP contribution in [-0.4, -0.2) is 25.6 Å². The van der Waals surface area contributed by atoms with Gasteiger partial charge in [0.15, 0.2) is 0 Å². The summed E-state index contributed by atoms with van der Waals surface area (Å²) in [5.74, 6) is 2.51. The summed E-state index contributed by atoms with van der Waals surface area (Å²) in [4.78, 5) is 8.69. The van der Waals surface area contributed by atoms with Crippen LogP contribution in [0.25, 0.3) is 5.78 Å². The smallest absolute Gasteiger partial charge is 0.254 e. The fraction of sp³-hybridized carbons (Fsp3) is 0.615. The fourth-order valence-electron chi connectivity index (χ4n) is 2.30. The molecule has 96 valence electrons. The van der Waals surface area contributed by atoms with Gasteiger partial charge in [0, 0.05) is 17.8 Å². The van der Waals surface area contributed by atoms with E-state index in [4.69, 9.17) is 0 Å². The zero-order valence-electron chi connectivity index (χ0n) is 10.9. The van der Waals surface area contributed by atoms with E-state index in [1.165, 1.54) is 12.8 Å². The Hall–Kier alpha value is -1.65. The first kappa shape index (κ1) is 11.4. The van der Waals surface area contributed by atoms with Crippen LogP contribution in [0.2, 0.25) is 0 Å². The number of aryl methyl sites for hydroxylation is 1. The third kappa shape index (κ3) is 2.17. The molecule has 1 aliphatic carbocycles. The first-order chi connectivity index (χ1) is 8.78. The highest BCUT2D eigenvalue weighted by molar-refractivity contribution is 5.45. The maximum Gasteiger partial charge on any atom is 0.254 e. The largest absolute Gasteiger partial charge is 0.367 e. The van der Waals surface area contributed by atoms with Gasteiger partial charge in [-0.05, 0) is 32.1 Å². The van der Waals surface area contributed by atoms with Crippen LogP contribution in [0.5, 0.6) is 0 Å². The van der Waals surface area contributed by atoms with E-state index >= 15 is 0 Å². The van der Waals surface area contributed by atoms with Crippen molar-refractivity contribution in [3.05, 3.63) is 18.1 Å². The second-order valence-electron chi connectivity index (χ2n) is 5.13. The number of nitrogens with zero attached hydrogens (tertiary/aromatic N) is 4. The average molecular weight is 245 g/mol. The Bertz CT molecular complexity index is 543. The minimum absolute atomic E-state index is 0.495. The van der Waals surface area contributed by atoms with Crippen molar-refractivity contribution in [2.75, 3.05) is 5.32 Å². The number of rotatable bonds is 5. The molecular formula is C13H19N5. The van der Waals surface area contributed by atoms with Crippen LogP contribution >= 0.6 is 0 Å². The topological polar surface area (TPSA) is 55.1 Å². The summed E-state index contributed by atoms with van der Waals surface area (Å²) in [6, 6.07) is 2.60. The Kier molecular flexibility index (Phi) is 2.89. The summed E-state index contributed by atoms with van der Waals surface area (Å²) in [5.41, 5.74) is 1.09. The molecule has 1 fully saturated rings. The van der Waals surface area contributed by atoms with E-state index < -0.39 is 0 Å². The van der Waals surface area contributed by atoms with E-state index in [2.05, 4.69) is 40.3 Å². The van der Waals surface area contributed by atoms with Gasteiger partial charge in [0.05, 0.1) is 0 Å². The number of hydrogen-bond acceptors (Lipinski definition) is 4. The minimum Gasteiger partial charge on any atom is -0.367 e. The van der Waals surface area contributed by atoms with Crippen LogP contribution in [0, 0.1) is 5.92 Å². The Morgan fingerprint density at radius 2 is 2.33 bits per heavy atom. The van der Waals surface area contributed by atoms with Crippen LogP contribution in [0.15, 0.2) is 12.4 Å². The van der Waals surface area contributed by atoms with E-state index in [1.54, 1.807) is 10.8 Å². The first-order valence-electron chi connectivity index (χ1n) is 6.74. The maximum absolute atomic E-state index is 4.50. The van der Waals surface area contributed by atoms with Crippen LogP contribution in [0.1, 0.15) is 38.8 Å². The second kappa shape index (κ2) is 4.55. The highest BCUT2D eigenvalue weighted by Gasteiger charge is 2.28. The van der Waals surface area contributed by atoms with Gasteiger partial charge in [0.2, 0.25) is 0 Å². The number of anilines is 1. The molecule has 1 saturated carbocycles. The van der Waals surface area contributed by atoms with Crippen molar-refractivity contribution in [3.63, 3.8) is 0 Å². The molecule has 2 aromatic rings. The van der Waals surface area contributed by atoms with Gasteiger partial charge in [0.1, 0.15) is 12.1 Å². The first-order valence-corrected chi connectivity index (χ1v) is 6.74. The lowest BCUT2D eigenvalue weighted by molar-refractivity contribution is 0.683. The monoisotopic (exact) mass is 245 g/mol. The van der Waals surface area contributed by atoms with Crippen molar-refractivity contribution in [1.29, 1.82) is 0 Å². The molecule has 1 aliphatic rings. The summed E-state index contributed by atoms with van der Waals surface area (Å²) in [6.07, 6.45) is 6.30. The van der Waals surface area contributed by atoms with E-state index in [0.717, 1.165) is 30.3 Å². The third-order valence-electron chi connectivity index (χ3n) is 3.52. The lowest BCUT2D eigenvalue weighted by Gasteiger charge is -2.15. The van der Waals surface area contributed by atoms with Crippen LogP contribution < -0.4 is 5.32 Å². The molecule has 5 nitrogen and oxygen atoms in total. The minimum atomic E-state index is 0.495. The summed E-state index contributed by atoms with van der Waals surface area (Å²) in [5, 5.41) is 7.79. The summed E-state index contributed by atoms with van der Waals surface area (Å²) < 4.78 is 1.79. The highest BCUT2D eigenvalue weighted by Crippen LogP contribution is 2.33. The Balaban J connectivity index is 1.93. The van der Waals surface area contributed by atoms with E-state index in [9.17, 15) is 0 Å². The van der Waals surface area contributed by atoms with Gasteiger partial charge in [-0.15, -0.1) is 0 Å². The maximum atomic E-state index is 4.50. The molecule has 0 aromatic carbocycles. The van der Waals surface area contributed by atoms with Gasteiger partial charge >= 0.3 is 0 Å². The van der Waals surface area contributed by atoms with Crippen molar-refractivity contribution < 1.29 is 0 Å². The molecule has 18 heavy (non-hydrogen) atoms. The van der Waals surface area contributed by atoms with Crippen molar-refractivity contribution >= 4 is 11.6 Å². The van der Waals surface area contributed by atoms with Gasteiger partial charge in [0.25, 0.3) is 5.78 Å². The summed E-state index contributed by atoms with van der Waals surface area (Å²) in [7, 11) is 0. The van der Waals surface area contributed by atoms with Crippen molar-refractivity contribution in [1.82, 2.24) is 19.6 Å². The molecule has 2 aromatic heterocycles. The van der Waals surface area contributed by atoms with Crippen molar-refractivity contribution in [2.24, 2.45) is 5.92 Å². The highest BCUT2D eigenvalue weighted by atomic mass is 15.4. The predicted octanol–water partition coefficient (Wildman–Crippen LogP) is 2.29. The lowest BCUT2D eigenvalue weighted by atomic mass is 10.2. The Morgan fingerprint density at radius 3 is 3.06 bits per heavy atom. The molecule has 0 amide bonds. The molecule has 2 heterocycles. The van der Waals surface area contributed by atoms with Crippen LogP contribution in [0.4, 0.5) is 5.82 Å². The van der Waals surface area contributed by atoms with Gasteiger partial charge < -0.3 is 5.32 Å². The Labute approximate surface area is 107 Å². The van der Waals surface area contributed by atoms with Crippen molar-refractivity contribution in [2.45, 2.75) is 45.6 Å². The molecule has 3 rings (SSSR count). The van der Waals surface area contributed by atoms with Crippen LogP contribution in [0.3, 0.4) is 0 Å². The second-order valence-corrected chi connectivity index (χ2v) is 5.13. The number of nitrogens with one attached hydrogen (secondary N) is 1. The summed E-state index contributed by atoms with van der Waals surface area (Å²) in [6.45, 7) is 4.40. The third-order valence-corrected chi connectivity index (χ3v) is 3.52. The zero-order valence-corrected chi connectivity index (χ0v) is 10.9. The molecule has 1 atom stereocenters. The molecular weight excluding hydrogens is 226 g/mol. The van der Waals surface area contributed by atoms with E-state index in [-0.39, 0.29) is 0 Å². The molecule has 1 unspecified atom stereocenters. The normalized spacial score (nSPS) is 17.0. The quantitative estimate of drug-likeness (QED) is 0.878. The lowest BCUT2D eigenvalue weighted by Crippen LogP contribution is -2.20. The molecule has 0 aliphatic heterocycles. The molecule has 1 N–H and O–H groups in total.